The van der Waals surface area contributed by atoms with Gasteiger partial charge in [0.25, 0.3) is 0 Å². The molecular formula is C15H23NO. The van der Waals surface area contributed by atoms with Crippen molar-refractivity contribution in [2.75, 3.05) is 6.61 Å². The van der Waals surface area contributed by atoms with Crippen molar-refractivity contribution in [1.29, 1.82) is 0 Å². The van der Waals surface area contributed by atoms with Crippen LogP contribution < -0.4 is 10.1 Å². The van der Waals surface area contributed by atoms with E-state index in [1.807, 2.05) is 0 Å². The molecule has 1 saturated carbocycles. The average Bonchev–Trinajstić information content (AvgIpc) is 3.19. The van der Waals surface area contributed by atoms with Gasteiger partial charge in [-0.05, 0) is 49.8 Å². The molecule has 1 aliphatic carbocycles. The SMILES string of the molecule is CCCOc1ccc(CNC(C)C2CC2)cc1. The predicted molar refractivity (Wildman–Crippen MR) is 71.3 cm³/mol. The Hall–Kier alpha value is -1.02. The van der Waals surface area contributed by atoms with Crippen LogP contribution in [0.25, 0.3) is 0 Å². The molecular weight excluding hydrogens is 210 g/mol. The average molecular weight is 233 g/mol. The van der Waals surface area contributed by atoms with Gasteiger partial charge in [-0.1, -0.05) is 19.1 Å². The van der Waals surface area contributed by atoms with Crippen molar-refractivity contribution in [3.8, 4) is 5.75 Å². The standard InChI is InChI=1S/C15H23NO/c1-3-10-17-15-8-4-13(5-9-15)11-16-12(2)14-6-7-14/h4-5,8-9,12,14,16H,3,6-7,10-11H2,1-2H3. The van der Waals surface area contributed by atoms with Crippen molar-refractivity contribution in [1.82, 2.24) is 5.32 Å². The Morgan fingerprint density at radius 3 is 2.59 bits per heavy atom. The van der Waals surface area contributed by atoms with Crippen LogP contribution >= 0.6 is 0 Å². The van der Waals surface area contributed by atoms with Crippen LogP contribution in [0.3, 0.4) is 0 Å². The Bertz CT molecular complexity index is 329. The Morgan fingerprint density at radius 2 is 2.00 bits per heavy atom. The van der Waals surface area contributed by atoms with Gasteiger partial charge in [0.05, 0.1) is 6.61 Å². The summed E-state index contributed by atoms with van der Waals surface area (Å²) in [5.74, 6) is 1.90. The topological polar surface area (TPSA) is 21.3 Å². The molecule has 0 saturated heterocycles. The fraction of sp³-hybridized carbons (Fsp3) is 0.600. The summed E-state index contributed by atoms with van der Waals surface area (Å²) in [6, 6.07) is 9.09. The van der Waals surface area contributed by atoms with Crippen LogP contribution in [-0.2, 0) is 6.54 Å². The highest BCUT2D eigenvalue weighted by Gasteiger charge is 2.27. The third kappa shape index (κ3) is 4.04. The van der Waals surface area contributed by atoms with E-state index in [1.165, 1.54) is 18.4 Å². The van der Waals surface area contributed by atoms with Crippen molar-refractivity contribution in [3.63, 3.8) is 0 Å². The van der Waals surface area contributed by atoms with Crippen LogP contribution in [0.15, 0.2) is 24.3 Å². The van der Waals surface area contributed by atoms with Gasteiger partial charge in [0.1, 0.15) is 5.75 Å². The van der Waals surface area contributed by atoms with Crippen molar-refractivity contribution in [2.24, 2.45) is 5.92 Å². The van der Waals surface area contributed by atoms with Gasteiger partial charge in [-0.3, -0.25) is 0 Å². The molecule has 2 rings (SSSR count). The number of nitrogens with one attached hydrogen (secondary N) is 1. The van der Waals surface area contributed by atoms with Gasteiger partial charge in [-0.2, -0.15) is 0 Å². The largest absolute Gasteiger partial charge is 0.494 e. The molecule has 0 spiro atoms. The normalized spacial score (nSPS) is 16.8. The molecule has 1 aromatic rings. The summed E-state index contributed by atoms with van der Waals surface area (Å²) < 4.78 is 5.56. The highest BCUT2D eigenvalue weighted by molar-refractivity contribution is 5.27. The molecule has 1 aromatic carbocycles. The van der Waals surface area contributed by atoms with E-state index < -0.39 is 0 Å². The lowest BCUT2D eigenvalue weighted by molar-refractivity contribution is 0.317. The molecule has 94 valence electrons. The van der Waals surface area contributed by atoms with Gasteiger partial charge >= 0.3 is 0 Å². The van der Waals surface area contributed by atoms with Gasteiger partial charge in [-0.15, -0.1) is 0 Å². The maximum absolute atomic E-state index is 5.56. The number of rotatable bonds is 7. The fourth-order valence-corrected chi connectivity index (χ4v) is 1.97. The van der Waals surface area contributed by atoms with E-state index in [0.29, 0.717) is 6.04 Å². The third-order valence-electron chi connectivity index (χ3n) is 3.35. The number of hydrogen-bond donors (Lipinski definition) is 1. The lowest BCUT2D eigenvalue weighted by atomic mass is 10.1. The van der Waals surface area contributed by atoms with Crippen molar-refractivity contribution < 1.29 is 4.74 Å². The zero-order chi connectivity index (χ0) is 12.1. The minimum Gasteiger partial charge on any atom is -0.494 e. The van der Waals surface area contributed by atoms with Crippen LogP contribution in [0.4, 0.5) is 0 Å². The zero-order valence-corrected chi connectivity index (χ0v) is 10.9. The van der Waals surface area contributed by atoms with Crippen LogP contribution in [0, 0.1) is 5.92 Å². The van der Waals surface area contributed by atoms with Crippen molar-refractivity contribution >= 4 is 0 Å². The second-order valence-corrected chi connectivity index (χ2v) is 5.00. The maximum atomic E-state index is 5.56. The first kappa shape index (κ1) is 12.4. The number of benzene rings is 1. The van der Waals surface area contributed by atoms with E-state index >= 15 is 0 Å². The van der Waals surface area contributed by atoms with Crippen LogP contribution in [0.5, 0.6) is 5.75 Å². The maximum Gasteiger partial charge on any atom is 0.119 e. The molecule has 0 heterocycles. The Labute approximate surface area is 104 Å². The monoisotopic (exact) mass is 233 g/mol. The predicted octanol–water partition coefficient (Wildman–Crippen LogP) is 3.36. The van der Waals surface area contributed by atoms with E-state index in [4.69, 9.17) is 4.74 Å². The molecule has 1 atom stereocenters. The highest BCUT2D eigenvalue weighted by atomic mass is 16.5. The quantitative estimate of drug-likeness (QED) is 0.779. The van der Waals surface area contributed by atoms with Gasteiger partial charge < -0.3 is 10.1 Å². The molecule has 1 N–H and O–H groups in total. The molecule has 1 aliphatic rings. The summed E-state index contributed by atoms with van der Waals surface area (Å²) in [5, 5.41) is 3.58. The van der Waals surface area contributed by atoms with Crippen LogP contribution in [-0.4, -0.2) is 12.6 Å². The summed E-state index contributed by atoms with van der Waals surface area (Å²) in [6.07, 6.45) is 3.86. The first-order chi connectivity index (χ1) is 8.29. The molecule has 17 heavy (non-hydrogen) atoms. The second-order valence-electron chi connectivity index (χ2n) is 5.00. The minimum atomic E-state index is 0.658. The van der Waals surface area contributed by atoms with Crippen molar-refractivity contribution in [3.05, 3.63) is 29.8 Å². The zero-order valence-electron chi connectivity index (χ0n) is 10.9. The van der Waals surface area contributed by atoms with Gasteiger partial charge in [-0.25, -0.2) is 0 Å². The lowest BCUT2D eigenvalue weighted by Gasteiger charge is -2.13. The summed E-state index contributed by atoms with van der Waals surface area (Å²) in [6.45, 7) is 6.18. The number of hydrogen-bond acceptors (Lipinski definition) is 2. The summed E-state index contributed by atoms with van der Waals surface area (Å²) in [5.41, 5.74) is 1.33. The van der Waals surface area contributed by atoms with Gasteiger partial charge in [0.15, 0.2) is 0 Å². The second kappa shape index (κ2) is 6.06. The molecule has 2 nitrogen and oxygen atoms in total. The lowest BCUT2D eigenvalue weighted by Crippen LogP contribution is -2.27. The molecule has 1 unspecified atom stereocenters. The van der Waals surface area contributed by atoms with Gasteiger partial charge in [0, 0.05) is 12.6 Å². The smallest absolute Gasteiger partial charge is 0.119 e. The first-order valence-electron chi connectivity index (χ1n) is 6.74. The molecule has 0 aliphatic heterocycles. The Kier molecular flexibility index (Phi) is 4.43. The summed E-state index contributed by atoms with van der Waals surface area (Å²) >= 11 is 0. The Morgan fingerprint density at radius 1 is 1.29 bits per heavy atom. The van der Waals surface area contributed by atoms with E-state index in [9.17, 15) is 0 Å². The molecule has 0 aromatic heterocycles. The van der Waals surface area contributed by atoms with Gasteiger partial charge in [0.2, 0.25) is 0 Å². The highest BCUT2D eigenvalue weighted by Crippen LogP contribution is 2.32. The fourth-order valence-electron chi connectivity index (χ4n) is 1.97. The van der Waals surface area contributed by atoms with E-state index in [1.54, 1.807) is 0 Å². The molecule has 2 heteroatoms. The van der Waals surface area contributed by atoms with Crippen LogP contribution in [0.2, 0.25) is 0 Å². The molecule has 0 amide bonds. The third-order valence-corrected chi connectivity index (χ3v) is 3.35. The molecule has 1 fully saturated rings. The van der Waals surface area contributed by atoms with E-state index in [0.717, 1.165) is 31.2 Å². The first-order valence-corrected chi connectivity index (χ1v) is 6.74. The molecule has 0 radical (unpaired) electrons. The summed E-state index contributed by atoms with van der Waals surface area (Å²) in [7, 11) is 0. The van der Waals surface area contributed by atoms with Crippen LogP contribution in [0.1, 0.15) is 38.7 Å². The van der Waals surface area contributed by atoms with E-state index in [-0.39, 0.29) is 0 Å². The summed E-state index contributed by atoms with van der Waals surface area (Å²) in [4.78, 5) is 0. The molecule has 0 bridgehead atoms. The Balaban J connectivity index is 1.76. The minimum absolute atomic E-state index is 0.658. The van der Waals surface area contributed by atoms with E-state index in [2.05, 4.69) is 43.4 Å². The van der Waals surface area contributed by atoms with Crippen molar-refractivity contribution in [2.45, 2.75) is 45.7 Å². The number of ether oxygens (including phenoxy) is 1.